The van der Waals surface area contributed by atoms with Gasteiger partial charge in [0.2, 0.25) is 0 Å². The number of hydrogen-bond donors (Lipinski definition) is 0. The van der Waals surface area contributed by atoms with Crippen LogP contribution in [0, 0.1) is 20.8 Å². The molecule has 3 rings (SSSR count). The van der Waals surface area contributed by atoms with E-state index >= 15 is 0 Å². The summed E-state index contributed by atoms with van der Waals surface area (Å²) in [5.74, 6) is 2.75. The highest BCUT2D eigenvalue weighted by Gasteiger charge is 2.19. The molecule has 0 saturated carbocycles. The van der Waals surface area contributed by atoms with Crippen molar-refractivity contribution in [2.45, 2.75) is 20.8 Å². The van der Waals surface area contributed by atoms with Crippen LogP contribution in [0.15, 0.2) is 28.9 Å². The summed E-state index contributed by atoms with van der Waals surface area (Å²) in [6.45, 7) is 5.72. The van der Waals surface area contributed by atoms with Crippen LogP contribution < -0.4 is 4.74 Å². The third kappa shape index (κ3) is 2.18. The summed E-state index contributed by atoms with van der Waals surface area (Å²) in [5.41, 5.74) is 2.63. The van der Waals surface area contributed by atoms with Gasteiger partial charge in [-0.2, -0.15) is 0 Å². The molecule has 0 unspecified atom stereocenters. The molecule has 0 amide bonds. The van der Waals surface area contributed by atoms with E-state index in [1.54, 1.807) is 20.3 Å². The first-order chi connectivity index (χ1) is 10.1. The molecule has 0 spiro atoms. The number of methoxy groups -OCH3 is 1. The van der Waals surface area contributed by atoms with Gasteiger partial charge in [0.1, 0.15) is 23.5 Å². The Morgan fingerprint density at radius 1 is 1.14 bits per heavy atom. The van der Waals surface area contributed by atoms with Gasteiger partial charge in [-0.15, -0.1) is 10.2 Å². The maximum absolute atomic E-state index is 5.48. The lowest BCUT2D eigenvalue weighted by Gasteiger charge is -2.14. The van der Waals surface area contributed by atoms with Crippen LogP contribution in [0.2, 0.25) is 0 Å². The number of hydrogen-bond acceptors (Lipinski definition) is 5. The second-order valence-electron chi connectivity index (χ2n) is 4.78. The molecule has 0 aliphatic rings. The Morgan fingerprint density at radius 3 is 2.62 bits per heavy atom. The second kappa shape index (κ2) is 5.05. The van der Waals surface area contributed by atoms with Crippen LogP contribution in [-0.2, 0) is 0 Å². The molecule has 21 heavy (non-hydrogen) atoms. The zero-order valence-electron chi connectivity index (χ0n) is 12.4. The fraction of sp³-hybridized carbons (Fsp3) is 0.267. The minimum absolute atomic E-state index is 0.592. The summed E-state index contributed by atoms with van der Waals surface area (Å²) in [6.07, 6.45) is 1.58. The van der Waals surface area contributed by atoms with Crippen molar-refractivity contribution < 1.29 is 9.15 Å². The van der Waals surface area contributed by atoms with Crippen LogP contribution >= 0.6 is 0 Å². The molecule has 2 aromatic heterocycles. The average molecular weight is 284 g/mol. The number of ether oxygens (including phenoxy) is 1. The molecular weight excluding hydrogens is 268 g/mol. The molecule has 0 saturated heterocycles. The smallest absolute Gasteiger partial charge is 0.191 e. The monoisotopic (exact) mass is 284 g/mol. The number of rotatable bonds is 3. The van der Waals surface area contributed by atoms with Crippen molar-refractivity contribution >= 4 is 0 Å². The molecule has 0 fully saturated rings. The fourth-order valence-corrected chi connectivity index (χ4v) is 2.35. The summed E-state index contributed by atoms with van der Waals surface area (Å²) in [7, 11) is 1.65. The summed E-state index contributed by atoms with van der Waals surface area (Å²) in [5, 5.41) is 8.40. The van der Waals surface area contributed by atoms with Gasteiger partial charge >= 0.3 is 0 Å². The van der Waals surface area contributed by atoms with Gasteiger partial charge in [0, 0.05) is 6.92 Å². The van der Waals surface area contributed by atoms with Gasteiger partial charge < -0.3 is 9.15 Å². The SMILES string of the molecule is COc1cccc(C)c1-n1c(C)nnc1-c1coc(C)n1. The number of nitrogens with zero attached hydrogens (tertiary/aromatic N) is 4. The van der Waals surface area contributed by atoms with Crippen LogP contribution in [0.3, 0.4) is 0 Å². The van der Waals surface area contributed by atoms with Crippen LogP contribution in [0.5, 0.6) is 5.75 Å². The van der Waals surface area contributed by atoms with E-state index in [4.69, 9.17) is 9.15 Å². The van der Waals surface area contributed by atoms with Gasteiger partial charge in [-0.1, -0.05) is 12.1 Å². The molecule has 1 aromatic carbocycles. The van der Waals surface area contributed by atoms with Crippen molar-refractivity contribution in [2.75, 3.05) is 7.11 Å². The molecule has 6 heteroatoms. The molecule has 0 N–H and O–H groups in total. The van der Waals surface area contributed by atoms with E-state index in [0.29, 0.717) is 17.4 Å². The normalized spacial score (nSPS) is 10.9. The minimum atomic E-state index is 0.592. The quantitative estimate of drug-likeness (QED) is 0.740. The van der Waals surface area contributed by atoms with Gasteiger partial charge in [-0.25, -0.2) is 4.98 Å². The third-order valence-corrected chi connectivity index (χ3v) is 3.32. The van der Waals surface area contributed by atoms with Crippen LogP contribution in [0.1, 0.15) is 17.3 Å². The second-order valence-corrected chi connectivity index (χ2v) is 4.78. The minimum Gasteiger partial charge on any atom is -0.495 e. The first kappa shape index (κ1) is 13.4. The molecule has 108 valence electrons. The maximum Gasteiger partial charge on any atom is 0.191 e. The van der Waals surface area contributed by atoms with Gasteiger partial charge in [-0.05, 0) is 25.5 Å². The first-order valence-electron chi connectivity index (χ1n) is 6.60. The van der Waals surface area contributed by atoms with Crippen LogP contribution in [0.25, 0.3) is 17.2 Å². The van der Waals surface area contributed by atoms with Gasteiger partial charge in [0.15, 0.2) is 11.7 Å². The number of benzene rings is 1. The average Bonchev–Trinajstić information content (AvgIpc) is 3.05. The molecule has 0 bridgehead atoms. The third-order valence-electron chi connectivity index (χ3n) is 3.32. The van der Waals surface area contributed by atoms with E-state index in [9.17, 15) is 0 Å². The number of para-hydroxylation sites is 1. The zero-order valence-corrected chi connectivity index (χ0v) is 12.4. The topological polar surface area (TPSA) is 66.0 Å². The Morgan fingerprint density at radius 2 is 1.95 bits per heavy atom. The predicted molar refractivity (Wildman–Crippen MR) is 77.6 cm³/mol. The van der Waals surface area contributed by atoms with Gasteiger partial charge in [-0.3, -0.25) is 4.57 Å². The van der Waals surface area contributed by atoms with E-state index in [-0.39, 0.29) is 0 Å². The van der Waals surface area contributed by atoms with Crippen molar-refractivity contribution in [2.24, 2.45) is 0 Å². The van der Waals surface area contributed by atoms with E-state index in [0.717, 1.165) is 22.8 Å². The molecule has 0 atom stereocenters. The molecule has 3 aromatic rings. The number of oxazole rings is 1. The lowest BCUT2D eigenvalue weighted by Crippen LogP contribution is -2.05. The standard InChI is InChI=1S/C15H16N4O2/c1-9-6-5-7-13(20-4)14(9)19-10(2)17-18-15(19)12-8-21-11(3)16-12/h5-8H,1-4H3. The van der Waals surface area contributed by atoms with Crippen LogP contribution in [0.4, 0.5) is 0 Å². The highest BCUT2D eigenvalue weighted by Crippen LogP contribution is 2.31. The largest absolute Gasteiger partial charge is 0.495 e. The molecule has 6 nitrogen and oxygen atoms in total. The lowest BCUT2D eigenvalue weighted by molar-refractivity contribution is 0.412. The summed E-state index contributed by atoms with van der Waals surface area (Å²) < 4.78 is 12.7. The van der Waals surface area contributed by atoms with Crippen molar-refractivity contribution in [3.8, 4) is 23.0 Å². The Kier molecular flexibility index (Phi) is 3.21. The Labute approximate surface area is 122 Å². The lowest BCUT2D eigenvalue weighted by atomic mass is 10.1. The van der Waals surface area contributed by atoms with E-state index < -0.39 is 0 Å². The van der Waals surface area contributed by atoms with E-state index in [1.807, 2.05) is 36.6 Å². The summed E-state index contributed by atoms with van der Waals surface area (Å²) >= 11 is 0. The predicted octanol–water partition coefficient (Wildman–Crippen LogP) is 2.86. The van der Waals surface area contributed by atoms with Gasteiger partial charge in [0.25, 0.3) is 0 Å². The number of aromatic nitrogens is 4. The van der Waals surface area contributed by atoms with Crippen molar-refractivity contribution in [3.05, 3.63) is 41.7 Å². The Bertz CT molecular complexity index is 789. The highest BCUT2D eigenvalue weighted by atomic mass is 16.5. The summed E-state index contributed by atoms with van der Waals surface area (Å²) in [6, 6.07) is 5.89. The molecule has 0 aliphatic carbocycles. The molecule has 0 aliphatic heterocycles. The molecule has 2 heterocycles. The van der Waals surface area contributed by atoms with Crippen LogP contribution in [-0.4, -0.2) is 26.9 Å². The van der Waals surface area contributed by atoms with Crippen molar-refractivity contribution in [1.29, 1.82) is 0 Å². The zero-order chi connectivity index (χ0) is 15.0. The Hall–Kier alpha value is -2.63. The Balaban J connectivity index is 2.27. The maximum atomic E-state index is 5.48. The molecule has 0 radical (unpaired) electrons. The van der Waals surface area contributed by atoms with Gasteiger partial charge in [0.05, 0.1) is 12.8 Å². The van der Waals surface area contributed by atoms with E-state index in [2.05, 4.69) is 15.2 Å². The fourth-order valence-electron chi connectivity index (χ4n) is 2.35. The van der Waals surface area contributed by atoms with Crippen molar-refractivity contribution in [1.82, 2.24) is 19.7 Å². The summed E-state index contributed by atoms with van der Waals surface area (Å²) in [4.78, 5) is 4.33. The van der Waals surface area contributed by atoms with Crippen molar-refractivity contribution in [3.63, 3.8) is 0 Å². The first-order valence-corrected chi connectivity index (χ1v) is 6.60. The number of aryl methyl sites for hydroxylation is 3. The highest BCUT2D eigenvalue weighted by molar-refractivity contribution is 5.60. The molecular formula is C15H16N4O2. The van der Waals surface area contributed by atoms with E-state index in [1.165, 1.54) is 0 Å².